The largest absolute Gasteiger partial charge is 0.308 e. The van der Waals surface area contributed by atoms with Crippen molar-refractivity contribution in [3.63, 3.8) is 0 Å². The molecule has 0 amide bonds. The monoisotopic (exact) mass is 560 g/mol. The van der Waals surface area contributed by atoms with Crippen LogP contribution in [0.2, 0.25) is 0 Å². The van der Waals surface area contributed by atoms with E-state index in [2.05, 4.69) is 149 Å². The lowest BCUT2D eigenvalue weighted by Crippen LogP contribution is -2.27. The fourth-order valence-electron chi connectivity index (χ4n) is 8.74. The molecule has 0 aliphatic carbocycles. The van der Waals surface area contributed by atoms with Crippen LogP contribution in [-0.4, -0.2) is 8.80 Å². The molecule has 0 aliphatic heterocycles. The third-order valence-electron chi connectivity index (χ3n) is 10.4. The third-order valence-corrected chi connectivity index (χ3v) is 10.4. The standard InChI is InChI=1S/C41H26N3/c1-23-34-27-16-7-11-24-13-9-21-32(36(24)27)43-33-22-10-14-25-12-8-17-28(37(25)33)39(40(34)43)38-26-15-3-4-18-29(26)44-31-20-6-5-19-30(31)42(2)41(44)35(23)38/h3-22H,1-2H3/q+1. The van der Waals surface area contributed by atoms with Gasteiger partial charge in [-0.1, -0.05) is 91.0 Å². The average molecular weight is 561 g/mol. The number of pyridine rings is 3. The summed E-state index contributed by atoms with van der Waals surface area (Å²) in [4.78, 5) is 0. The number of para-hydroxylation sites is 3. The van der Waals surface area contributed by atoms with Crippen molar-refractivity contribution in [1.82, 2.24) is 8.80 Å². The maximum atomic E-state index is 2.58. The van der Waals surface area contributed by atoms with Gasteiger partial charge in [0, 0.05) is 32.3 Å². The van der Waals surface area contributed by atoms with Gasteiger partial charge in [-0.2, -0.15) is 4.40 Å². The first-order valence-electron chi connectivity index (χ1n) is 15.4. The van der Waals surface area contributed by atoms with Crippen molar-refractivity contribution >= 4 is 98.0 Å². The van der Waals surface area contributed by atoms with Crippen LogP contribution in [0.15, 0.2) is 121 Å². The van der Waals surface area contributed by atoms with Crippen LogP contribution < -0.4 is 4.57 Å². The van der Waals surface area contributed by atoms with Crippen molar-refractivity contribution in [1.29, 1.82) is 0 Å². The summed E-state index contributed by atoms with van der Waals surface area (Å²) in [5.41, 5.74) is 10.1. The number of hydrogen-bond acceptors (Lipinski definition) is 0. The van der Waals surface area contributed by atoms with Crippen molar-refractivity contribution in [2.24, 2.45) is 7.05 Å². The van der Waals surface area contributed by atoms with E-state index < -0.39 is 0 Å². The van der Waals surface area contributed by atoms with E-state index in [9.17, 15) is 0 Å². The summed E-state index contributed by atoms with van der Waals surface area (Å²) in [7, 11) is 2.23. The molecule has 0 atom stereocenters. The summed E-state index contributed by atoms with van der Waals surface area (Å²) >= 11 is 0. The zero-order valence-corrected chi connectivity index (χ0v) is 24.4. The zero-order chi connectivity index (χ0) is 28.8. The molecule has 11 aromatic rings. The number of nitrogens with zero attached hydrogens (tertiary/aromatic N) is 3. The molecular weight excluding hydrogens is 534 g/mol. The van der Waals surface area contributed by atoms with Gasteiger partial charge in [-0.05, 0) is 64.4 Å². The minimum Gasteiger partial charge on any atom is -0.308 e. The summed E-state index contributed by atoms with van der Waals surface area (Å²) in [5, 5.41) is 14.5. The molecule has 0 radical (unpaired) electrons. The summed E-state index contributed by atoms with van der Waals surface area (Å²) < 4.78 is 7.48. The lowest BCUT2D eigenvalue weighted by molar-refractivity contribution is -0.617. The Labute approximate surface area is 251 Å². The van der Waals surface area contributed by atoms with Crippen molar-refractivity contribution < 1.29 is 4.57 Å². The molecule has 0 bridgehead atoms. The van der Waals surface area contributed by atoms with Gasteiger partial charge in [0.2, 0.25) is 0 Å². The average Bonchev–Trinajstić information content (AvgIpc) is 3.37. The van der Waals surface area contributed by atoms with Gasteiger partial charge in [0.25, 0.3) is 5.65 Å². The number of rotatable bonds is 0. The molecule has 3 heteroatoms. The highest BCUT2D eigenvalue weighted by Gasteiger charge is 2.29. The van der Waals surface area contributed by atoms with Crippen LogP contribution in [0.3, 0.4) is 0 Å². The third kappa shape index (κ3) is 2.44. The first-order chi connectivity index (χ1) is 21.7. The number of aryl methyl sites for hydroxylation is 2. The molecule has 44 heavy (non-hydrogen) atoms. The molecule has 0 N–H and O–H groups in total. The Kier molecular flexibility index (Phi) is 3.97. The maximum absolute atomic E-state index is 2.58. The Morgan fingerprint density at radius 1 is 0.432 bits per heavy atom. The molecule has 11 rings (SSSR count). The van der Waals surface area contributed by atoms with E-state index in [0.717, 1.165) is 0 Å². The van der Waals surface area contributed by atoms with Gasteiger partial charge in [0.1, 0.15) is 5.52 Å². The van der Waals surface area contributed by atoms with Crippen LogP contribution in [0, 0.1) is 6.92 Å². The SMILES string of the molecule is Cc1c2c3cccc4cccc(c43)n3c4cccc5cccc(c54)c(c4c5ccccc5n5c6ccccc6[n+](C)c5c14)c23. The molecule has 4 aromatic heterocycles. The van der Waals surface area contributed by atoms with E-state index in [1.54, 1.807) is 0 Å². The van der Waals surface area contributed by atoms with E-state index in [0.29, 0.717) is 0 Å². The van der Waals surface area contributed by atoms with Crippen LogP contribution in [0.4, 0.5) is 0 Å². The van der Waals surface area contributed by atoms with Crippen LogP contribution in [0.1, 0.15) is 5.56 Å². The number of fused-ring (bicyclic) bond motifs is 13. The Morgan fingerprint density at radius 2 is 0.977 bits per heavy atom. The number of benzene rings is 7. The van der Waals surface area contributed by atoms with Gasteiger partial charge in [0.05, 0.1) is 29.0 Å². The van der Waals surface area contributed by atoms with Gasteiger partial charge in [-0.3, -0.25) is 0 Å². The highest BCUT2D eigenvalue weighted by Crippen LogP contribution is 2.48. The van der Waals surface area contributed by atoms with E-state index in [1.807, 2.05) is 0 Å². The van der Waals surface area contributed by atoms with Crippen LogP contribution in [-0.2, 0) is 7.05 Å². The lowest BCUT2D eigenvalue weighted by atomic mass is 9.87. The summed E-state index contributed by atoms with van der Waals surface area (Å²) in [6, 6.07) is 45.1. The molecule has 0 aliphatic rings. The Balaban J connectivity index is 1.65. The van der Waals surface area contributed by atoms with Crippen molar-refractivity contribution in [3.05, 3.63) is 127 Å². The molecule has 4 heterocycles. The second-order valence-corrected chi connectivity index (χ2v) is 12.4. The minimum absolute atomic E-state index is 1.23. The normalized spacial score (nSPS) is 12.8. The molecule has 0 saturated heterocycles. The fraction of sp³-hybridized carbons (Fsp3) is 0.0488. The Bertz CT molecular complexity index is 3040. The molecule has 0 unspecified atom stereocenters. The second kappa shape index (κ2) is 7.64. The van der Waals surface area contributed by atoms with Crippen molar-refractivity contribution in [3.8, 4) is 0 Å². The first-order valence-corrected chi connectivity index (χ1v) is 15.4. The van der Waals surface area contributed by atoms with Gasteiger partial charge in [-0.15, -0.1) is 0 Å². The van der Waals surface area contributed by atoms with E-state index in [1.165, 1.54) is 104 Å². The summed E-state index contributed by atoms with van der Waals surface area (Å²) in [6.07, 6.45) is 0. The van der Waals surface area contributed by atoms with Gasteiger partial charge in [-0.25, -0.2) is 4.57 Å². The van der Waals surface area contributed by atoms with E-state index in [4.69, 9.17) is 0 Å². The van der Waals surface area contributed by atoms with Gasteiger partial charge < -0.3 is 4.40 Å². The summed E-state index contributed by atoms with van der Waals surface area (Å²) in [5.74, 6) is 0. The maximum Gasteiger partial charge on any atom is 0.295 e. The highest BCUT2D eigenvalue weighted by atomic mass is 15.1. The lowest BCUT2D eigenvalue weighted by Gasteiger charge is -2.23. The molecule has 204 valence electrons. The second-order valence-electron chi connectivity index (χ2n) is 12.4. The van der Waals surface area contributed by atoms with E-state index >= 15 is 0 Å². The molecular formula is C41H26N3+. The number of imidazole rings is 1. The molecule has 0 spiro atoms. The first kappa shape index (κ1) is 22.9. The van der Waals surface area contributed by atoms with Gasteiger partial charge >= 0.3 is 0 Å². The van der Waals surface area contributed by atoms with Gasteiger partial charge in [0.15, 0.2) is 11.0 Å². The number of aromatic nitrogens is 3. The predicted molar refractivity (Wildman–Crippen MR) is 185 cm³/mol. The molecule has 0 saturated carbocycles. The molecule has 0 fully saturated rings. The smallest absolute Gasteiger partial charge is 0.295 e. The topological polar surface area (TPSA) is 12.7 Å². The van der Waals surface area contributed by atoms with Crippen LogP contribution >= 0.6 is 0 Å². The highest BCUT2D eigenvalue weighted by molar-refractivity contribution is 6.39. The minimum atomic E-state index is 1.23. The fourth-order valence-corrected chi connectivity index (χ4v) is 8.74. The quantitative estimate of drug-likeness (QED) is 0.0994. The Hall–Kier alpha value is -5.67. The summed E-state index contributed by atoms with van der Waals surface area (Å²) in [6.45, 7) is 2.36. The zero-order valence-electron chi connectivity index (χ0n) is 24.4. The van der Waals surface area contributed by atoms with Crippen molar-refractivity contribution in [2.45, 2.75) is 6.92 Å². The Morgan fingerprint density at radius 3 is 1.68 bits per heavy atom. The van der Waals surface area contributed by atoms with Crippen LogP contribution in [0.25, 0.3) is 98.0 Å². The molecule has 7 aromatic carbocycles. The van der Waals surface area contributed by atoms with E-state index in [-0.39, 0.29) is 0 Å². The van der Waals surface area contributed by atoms with Crippen molar-refractivity contribution in [2.75, 3.05) is 0 Å². The predicted octanol–water partition coefficient (Wildman–Crippen LogP) is 9.99. The number of hydrogen-bond donors (Lipinski definition) is 0. The van der Waals surface area contributed by atoms with Crippen LogP contribution in [0.5, 0.6) is 0 Å². The molecule has 3 nitrogen and oxygen atoms in total.